The molecular weight excluding hydrogens is 536 g/mol. The molecule has 240 valence electrons. The highest BCUT2D eigenvalue weighted by Crippen LogP contribution is 2.21. The molecule has 2 rings (SSSR count). The number of carbonyl (C=O) groups is 2. The van der Waals surface area contributed by atoms with Crippen molar-refractivity contribution < 1.29 is 52.7 Å². The molecule has 13 nitrogen and oxygen atoms in total. The van der Waals surface area contributed by atoms with Crippen LogP contribution in [0.15, 0.2) is 0 Å². The molecule has 2 heterocycles. The van der Waals surface area contributed by atoms with E-state index >= 15 is 0 Å². The molecule has 0 aliphatic carbocycles. The average Bonchev–Trinajstić information content (AvgIpc) is 2.99. The lowest BCUT2D eigenvalue weighted by Gasteiger charge is -2.43. The molecular formula is C28H56N4O9+2. The second-order valence-corrected chi connectivity index (χ2v) is 10.8. The van der Waals surface area contributed by atoms with Crippen LogP contribution in [-0.2, 0) is 33.3 Å². The minimum absolute atomic E-state index is 0.0646. The number of ether oxygens (including phenoxy) is 5. The third kappa shape index (κ3) is 13.2. The molecule has 0 bridgehead atoms. The van der Waals surface area contributed by atoms with Gasteiger partial charge in [0.2, 0.25) is 12.5 Å². The number of aliphatic hydroxyl groups is 2. The first-order valence-corrected chi connectivity index (χ1v) is 15.5. The molecule has 2 saturated heterocycles. The van der Waals surface area contributed by atoms with Crippen LogP contribution in [0.4, 0.5) is 0 Å². The van der Waals surface area contributed by atoms with Gasteiger partial charge in [-0.2, -0.15) is 20.0 Å². The smallest absolute Gasteiger partial charge is 0.264 e. The molecule has 2 unspecified atom stereocenters. The molecule has 2 aliphatic heterocycles. The molecule has 2 atom stereocenters. The third-order valence-electron chi connectivity index (χ3n) is 7.73. The molecule has 0 saturated carbocycles. The summed E-state index contributed by atoms with van der Waals surface area (Å²) in [7, 11) is 0. The zero-order valence-corrected chi connectivity index (χ0v) is 25.4. The number of hydrogen-bond donors (Lipinski definition) is 4. The molecule has 4 N–H and O–H groups in total. The van der Waals surface area contributed by atoms with E-state index in [1.807, 2.05) is 0 Å². The normalized spacial score (nSPS) is 19.8. The van der Waals surface area contributed by atoms with Crippen LogP contribution in [0.1, 0.15) is 65.2 Å². The highest BCUT2D eigenvalue weighted by atomic mass is 16.6. The zero-order valence-electron chi connectivity index (χ0n) is 25.4. The van der Waals surface area contributed by atoms with Crippen molar-refractivity contribution in [3.8, 4) is 0 Å². The average molecular weight is 593 g/mol. The molecule has 0 aromatic rings. The Labute approximate surface area is 245 Å². The standard InChI is InChI=1S/C28H54N4O9/c1-3-25(33)29-31(11-7-5-8-12-31)27(35)23-40-21-19-38-17-15-37-16-18-39-20-22-41-24-28(36)32(30-26(34)4-2)13-9-6-10-14-32/h27-28,35-36H,3-24H2,1-2H3/p+2. The summed E-state index contributed by atoms with van der Waals surface area (Å²) in [5.74, 6) is -0.129. The first-order chi connectivity index (χ1) is 19.9. The van der Waals surface area contributed by atoms with Gasteiger partial charge >= 0.3 is 0 Å². The minimum atomic E-state index is -0.800. The lowest BCUT2D eigenvalue weighted by Crippen LogP contribution is -2.68. The molecule has 0 aromatic heterocycles. The first kappa shape index (κ1) is 35.8. The molecule has 0 radical (unpaired) electrons. The largest absolute Gasteiger partial charge is 0.377 e. The second kappa shape index (κ2) is 20.5. The Bertz CT molecular complexity index is 661. The van der Waals surface area contributed by atoms with Crippen molar-refractivity contribution in [2.45, 2.75) is 77.7 Å². The number of carbonyl (C=O) groups excluding carboxylic acids is 2. The number of aliphatic hydroxyl groups excluding tert-OH is 2. The number of quaternary nitrogens is 2. The molecule has 2 amide bonds. The van der Waals surface area contributed by atoms with E-state index in [1.165, 1.54) is 0 Å². The number of amides is 2. The summed E-state index contributed by atoms with van der Waals surface area (Å²) >= 11 is 0. The number of piperidine rings is 2. The summed E-state index contributed by atoms with van der Waals surface area (Å²) in [6.45, 7) is 9.93. The lowest BCUT2D eigenvalue weighted by atomic mass is 10.1. The zero-order chi connectivity index (χ0) is 29.8. The topological polar surface area (TPSA) is 145 Å². The van der Waals surface area contributed by atoms with Gasteiger partial charge in [0, 0.05) is 12.8 Å². The van der Waals surface area contributed by atoms with Gasteiger partial charge in [0.25, 0.3) is 11.8 Å². The molecule has 13 heteroatoms. The lowest BCUT2D eigenvalue weighted by molar-refractivity contribution is -1.01. The number of likely N-dealkylation sites (tertiary alicyclic amines) is 2. The van der Waals surface area contributed by atoms with E-state index in [4.69, 9.17) is 23.7 Å². The maximum atomic E-state index is 12.0. The third-order valence-corrected chi connectivity index (χ3v) is 7.73. The van der Waals surface area contributed by atoms with Crippen LogP contribution >= 0.6 is 0 Å². The highest BCUT2D eigenvalue weighted by Gasteiger charge is 2.40. The van der Waals surface area contributed by atoms with Crippen LogP contribution in [0.3, 0.4) is 0 Å². The summed E-state index contributed by atoms with van der Waals surface area (Å²) < 4.78 is 28.1. The number of nitrogens with zero attached hydrogens (tertiary/aromatic N) is 2. The summed E-state index contributed by atoms with van der Waals surface area (Å²) in [4.78, 5) is 23.9. The predicted octanol–water partition coefficient (Wildman–Crippen LogP) is 0.590. The maximum absolute atomic E-state index is 12.0. The van der Waals surface area contributed by atoms with E-state index < -0.39 is 12.5 Å². The van der Waals surface area contributed by atoms with Crippen molar-refractivity contribution in [1.82, 2.24) is 10.9 Å². The van der Waals surface area contributed by atoms with Crippen LogP contribution in [0.5, 0.6) is 0 Å². The molecule has 2 fully saturated rings. The van der Waals surface area contributed by atoms with Gasteiger partial charge in [-0.25, -0.2) is 0 Å². The predicted molar refractivity (Wildman–Crippen MR) is 151 cm³/mol. The van der Waals surface area contributed by atoms with Gasteiger partial charge in [0.15, 0.2) is 0 Å². The summed E-state index contributed by atoms with van der Waals surface area (Å²) in [6.07, 6.45) is 5.26. The van der Waals surface area contributed by atoms with Crippen LogP contribution in [0.2, 0.25) is 0 Å². The van der Waals surface area contributed by atoms with E-state index in [2.05, 4.69) is 10.9 Å². The Kier molecular flexibility index (Phi) is 17.9. The van der Waals surface area contributed by atoms with Gasteiger partial charge in [-0.1, -0.05) is 13.8 Å². The molecule has 0 aromatic carbocycles. The monoisotopic (exact) mass is 592 g/mol. The van der Waals surface area contributed by atoms with Gasteiger partial charge in [-0.3, -0.25) is 9.59 Å². The van der Waals surface area contributed by atoms with Gasteiger partial charge in [-0.15, -0.1) is 0 Å². The first-order valence-electron chi connectivity index (χ1n) is 15.5. The van der Waals surface area contributed by atoms with Gasteiger partial charge in [-0.05, 0) is 38.5 Å². The van der Waals surface area contributed by atoms with Gasteiger partial charge in [0.05, 0.1) is 52.9 Å². The van der Waals surface area contributed by atoms with E-state index in [0.29, 0.717) is 91.9 Å². The Balaban J connectivity index is 1.43. The van der Waals surface area contributed by atoms with E-state index in [1.54, 1.807) is 13.8 Å². The summed E-state index contributed by atoms with van der Waals surface area (Å²) in [5.41, 5.74) is 5.97. The fraction of sp³-hybridized carbons (Fsp3) is 0.929. The quantitative estimate of drug-likeness (QED) is 0.105. The Morgan fingerprint density at radius 2 is 0.854 bits per heavy atom. The van der Waals surface area contributed by atoms with Crippen LogP contribution in [0.25, 0.3) is 0 Å². The fourth-order valence-electron chi connectivity index (χ4n) is 5.22. The molecule has 2 aliphatic rings. The van der Waals surface area contributed by atoms with Crippen molar-refractivity contribution in [2.75, 3.05) is 92.2 Å². The number of nitrogens with one attached hydrogen (secondary N) is 2. The second-order valence-electron chi connectivity index (χ2n) is 10.8. The molecule has 0 spiro atoms. The van der Waals surface area contributed by atoms with Gasteiger partial charge < -0.3 is 33.9 Å². The van der Waals surface area contributed by atoms with Crippen molar-refractivity contribution in [2.24, 2.45) is 0 Å². The van der Waals surface area contributed by atoms with E-state index in [0.717, 1.165) is 38.5 Å². The highest BCUT2D eigenvalue weighted by molar-refractivity contribution is 5.74. The van der Waals surface area contributed by atoms with Crippen molar-refractivity contribution in [3.63, 3.8) is 0 Å². The summed E-state index contributed by atoms with van der Waals surface area (Å²) in [6, 6.07) is 0. The fourth-order valence-corrected chi connectivity index (χ4v) is 5.22. The Morgan fingerprint density at radius 3 is 1.15 bits per heavy atom. The number of hydrogen-bond acceptors (Lipinski definition) is 9. The maximum Gasteiger partial charge on any atom is 0.264 e. The van der Waals surface area contributed by atoms with Crippen LogP contribution in [-0.4, -0.2) is 136 Å². The molecule has 41 heavy (non-hydrogen) atoms. The van der Waals surface area contributed by atoms with Gasteiger partial charge in [0.1, 0.15) is 39.4 Å². The minimum Gasteiger partial charge on any atom is -0.377 e. The van der Waals surface area contributed by atoms with Crippen LogP contribution < -0.4 is 10.9 Å². The summed E-state index contributed by atoms with van der Waals surface area (Å²) in [5, 5.41) is 21.4. The Morgan fingerprint density at radius 1 is 0.561 bits per heavy atom. The van der Waals surface area contributed by atoms with E-state index in [-0.39, 0.29) is 34.2 Å². The van der Waals surface area contributed by atoms with E-state index in [9.17, 15) is 19.8 Å². The Hall–Kier alpha value is -1.42. The van der Waals surface area contributed by atoms with Crippen LogP contribution in [0, 0.1) is 0 Å². The van der Waals surface area contributed by atoms with Crippen molar-refractivity contribution >= 4 is 11.8 Å². The SMILES string of the molecule is CCC(=O)N[N+]1(C(O)COCCOCCOCCOCCOCC(O)[N+]2(NC(=O)CC)CCCCC2)CCCCC1. The van der Waals surface area contributed by atoms with Crippen molar-refractivity contribution in [1.29, 1.82) is 0 Å². The van der Waals surface area contributed by atoms with Crippen molar-refractivity contribution in [3.05, 3.63) is 0 Å². The number of rotatable bonds is 22.